The Kier molecular flexibility index (Phi) is 7.04. The van der Waals surface area contributed by atoms with E-state index < -0.39 is 5.54 Å². The van der Waals surface area contributed by atoms with Crippen molar-refractivity contribution in [1.29, 1.82) is 0 Å². The Morgan fingerprint density at radius 1 is 1.56 bits per heavy atom. The molecule has 0 aromatic rings. The van der Waals surface area contributed by atoms with Crippen molar-refractivity contribution in [2.75, 3.05) is 25.5 Å². The van der Waals surface area contributed by atoms with Crippen LogP contribution < -0.4 is 5.32 Å². The van der Waals surface area contributed by atoms with Gasteiger partial charge >= 0.3 is 5.97 Å². The zero-order valence-corrected chi connectivity index (χ0v) is 12.2. The molecule has 0 aromatic heterocycles. The lowest BCUT2D eigenvalue weighted by Crippen LogP contribution is -2.51. The average Bonchev–Trinajstić information content (AvgIpc) is 2.79. The zero-order chi connectivity index (χ0) is 13.4. The molecule has 0 heterocycles. The fraction of sp³-hybridized carbons (Fsp3) is 0.923. The molecule has 0 radical (unpaired) electrons. The molecule has 1 rings (SSSR count). The van der Waals surface area contributed by atoms with Gasteiger partial charge in [0, 0.05) is 11.0 Å². The molecule has 4 nitrogen and oxygen atoms in total. The SMILES string of the molecule is CCCNC1(C(=O)OCC)CCC(SCCO)C1. The summed E-state index contributed by atoms with van der Waals surface area (Å²) in [5.74, 6) is 0.641. The molecular formula is C13H25NO3S. The van der Waals surface area contributed by atoms with Crippen LogP contribution in [0.25, 0.3) is 0 Å². The highest BCUT2D eigenvalue weighted by Gasteiger charge is 2.46. The zero-order valence-electron chi connectivity index (χ0n) is 11.4. The Morgan fingerprint density at radius 3 is 2.94 bits per heavy atom. The van der Waals surface area contributed by atoms with Crippen LogP contribution in [0.5, 0.6) is 0 Å². The molecule has 2 unspecified atom stereocenters. The molecule has 5 heteroatoms. The van der Waals surface area contributed by atoms with Gasteiger partial charge in [-0.25, -0.2) is 0 Å². The minimum atomic E-state index is -0.487. The van der Waals surface area contributed by atoms with Gasteiger partial charge < -0.3 is 15.2 Å². The first-order valence-corrected chi connectivity index (χ1v) is 7.88. The Bertz CT molecular complexity index is 263. The monoisotopic (exact) mass is 275 g/mol. The number of carbonyl (C=O) groups is 1. The van der Waals surface area contributed by atoms with Crippen LogP contribution in [0, 0.1) is 0 Å². The van der Waals surface area contributed by atoms with Crippen molar-refractivity contribution >= 4 is 17.7 Å². The van der Waals surface area contributed by atoms with Gasteiger partial charge in [-0.2, -0.15) is 11.8 Å². The van der Waals surface area contributed by atoms with Crippen LogP contribution in [0.2, 0.25) is 0 Å². The largest absolute Gasteiger partial charge is 0.465 e. The fourth-order valence-electron chi connectivity index (χ4n) is 2.41. The Labute approximate surface area is 114 Å². The van der Waals surface area contributed by atoms with E-state index in [4.69, 9.17) is 9.84 Å². The second kappa shape index (κ2) is 8.02. The number of thioether (sulfide) groups is 1. The molecule has 106 valence electrons. The second-order valence-electron chi connectivity index (χ2n) is 4.69. The van der Waals surface area contributed by atoms with E-state index in [2.05, 4.69) is 12.2 Å². The third-order valence-corrected chi connectivity index (χ3v) is 4.59. The summed E-state index contributed by atoms with van der Waals surface area (Å²) < 4.78 is 5.22. The Balaban J connectivity index is 2.59. The van der Waals surface area contributed by atoms with Crippen LogP contribution in [0.3, 0.4) is 0 Å². The van der Waals surface area contributed by atoms with Crippen molar-refractivity contribution in [3.63, 3.8) is 0 Å². The molecular weight excluding hydrogens is 250 g/mol. The van der Waals surface area contributed by atoms with E-state index in [0.717, 1.165) is 38.0 Å². The van der Waals surface area contributed by atoms with E-state index in [-0.39, 0.29) is 12.6 Å². The summed E-state index contributed by atoms with van der Waals surface area (Å²) in [6.07, 6.45) is 3.68. The topological polar surface area (TPSA) is 58.6 Å². The van der Waals surface area contributed by atoms with E-state index in [1.807, 2.05) is 6.92 Å². The molecule has 0 aromatic carbocycles. The smallest absolute Gasteiger partial charge is 0.326 e. The third kappa shape index (κ3) is 4.14. The van der Waals surface area contributed by atoms with Crippen LogP contribution in [0.1, 0.15) is 39.5 Å². The first-order chi connectivity index (χ1) is 8.68. The number of aliphatic hydroxyl groups excluding tert-OH is 1. The van der Waals surface area contributed by atoms with Gasteiger partial charge in [0.25, 0.3) is 0 Å². The molecule has 0 spiro atoms. The van der Waals surface area contributed by atoms with E-state index >= 15 is 0 Å². The lowest BCUT2D eigenvalue weighted by atomic mass is 9.97. The maximum Gasteiger partial charge on any atom is 0.326 e. The minimum absolute atomic E-state index is 0.106. The van der Waals surface area contributed by atoms with Gasteiger partial charge in [-0.1, -0.05) is 6.92 Å². The first kappa shape index (κ1) is 15.8. The lowest BCUT2D eigenvalue weighted by Gasteiger charge is -2.28. The molecule has 1 aliphatic rings. The summed E-state index contributed by atoms with van der Waals surface area (Å²) in [5, 5.41) is 12.7. The van der Waals surface area contributed by atoms with E-state index in [9.17, 15) is 4.79 Å². The van der Waals surface area contributed by atoms with Crippen molar-refractivity contribution in [3.05, 3.63) is 0 Å². The molecule has 1 fully saturated rings. The van der Waals surface area contributed by atoms with Gasteiger partial charge in [-0.15, -0.1) is 0 Å². The standard InChI is InChI=1S/C13H25NO3S/c1-3-7-14-13(12(16)17-4-2)6-5-11(10-13)18-9-8-15/h11,14-15H,3-10H2,1-2H3. The van der Waals surface area contributed by atoms with Gasteiger partial charge in [0.1, 0.15) is 5.54 Å². The second-order valence-corrected chi connectivity index (χ2v) is 6.10. The first-order valence-electron chi connectivity index (χ1n) is 6.83. The number of hydrogen-bond acceptors (Lipinski definition) is 5. The number of ether oxygens (including phenoxy) is 1. The van der Waals surface area contributed by atoms with Crippen molar-refractivity contribution in [1.82, 2.24) is 5.32 Å². The highest BCUT2D eigenvalue weighted by atomic mass is 32.2. The molecule has 0 bridgehead atoms. The molecule has 2 atom stereocenters. The van der Waals surface area contributed by atoms with Crippen LogP contribution in [-0.4, -0.2) is 47.4 Å². The van der Waals surface area contributed by atoms with E-state index in [1.54, 1.807) is 11.8 Å². The van der Waals surface area contributed by atoms with E-state index in [0.29, 0.717) is 11.9 Å². The highest BCUT2D eigenvalue weighted by molar-refractivity contribution is 7.99. The molecule has 0 aliphatic heterocycles. The lowest BCUT2D eigenvalue weighted by molar-refractivity contribution is -0.151. The van der Waals surface area contributed by atoms with Crippen LogP contribution in [0.4, 0.5) is 0 Å². The summed E-state index contributed by atoms with van der Waals surface area (Å²) in [5.41, 5.74) is -0.487. The fourth-order valence-corrected chi connectivity index (χ4v) is 3.54. The summed E-state index contributed by atoms with van der Waals surface area (Å²) in [6, 6.07) is 0. The van der Waals surface area contributed by atoms with Crippen molar-refractivity contribution in [2.45, 2.75) is 50.3 Å². The quantitative estimate of drug-likeness (QED) is 0.659. The predicted molar refractivity (Wildman–Crippen MR) is 74.8 cm³/mol. The maximum absolute atomic E-state index is 12.1. The third-order valence-electron chi connectivity index (χ3n) is 3.29. The average molecular weight is 275 g/mol. The predicted octanol–water partition coefficient (Wildman–Crippen LogP) is 1.57. The molecule has 1 saturated carbocycles. The number of aliphatic hydroxyl groups is 1. The van der Waals surface area contributed by atoms with Gasteiger partial charge in [-0.05, 0) is 39.2 Å². The molecule has 1 aliphatic carbocycles. The van der Waals surface area contributed by atoms with Gasteiger partial charge in [0.05, 0.1) is 13.2 Å². The summed E-state index contributed by atoms with van der Waals surface area (Å²) >= 11 is 1.76. The molecule has 0 saturated heterocycles. The molecule has 0 amide bonds. The number of esters is 1. The van der Waals surface area contributed by atoms with Crippen molar-refractivity contribution in [2.24, 2.45) is 0 Å². The van der Waals surface area contributed by atoms with Gasteiger partial charge in [0.2, 0.25) is 0 Å². The Morgan fingerprint density at radius 2 is 2.33 bits per heavy atom. The molecule has 18 heavy (non-hydrogen) atoms. The number of hydrogen-bond donors (Lipinski definition) is 2. The van der Waals surface area contributed by atoms with Crippen molar-refractivity contribution < 1.29 is 14.6 Å². The molecule has 2 N–H and O–H groups in total. The van der Waals surface area contributed by atoms with Crippen LogP contribution in [0.15, 0.2) is 0 Å². The van der Waals surface area contributed by atoms with Crippen LogP contribution in [-0.2, 0) is 9.53 Å². The van der Waals surface area contributed by atoms with Gasteiger partial charge in [0.15, 0.2) is 0 Å². The summed E-state index contributed by atoms with van der Waals surface area (Å²) in [7, 11) is 0. The number of carbonyl (C=O) groups excluding carboxylic acids is 1. The maximum atomic E-state index is 12.1. The highest BCUT2D eigenvalue weighted by Crippen LogP contribution is 2.37. The normalized spacial score (nSPS) is 27.4. The summed E-state index contributed by atoms with van der Waals surface area (Å²) in [6.45, 7) is 5.42. The minimum Gasteiger partial charge on any atom is -0.465 e. The van der Waals surface area contributed by atoms with Gasteiger partial charge in [-0.3, -0.25) is 4.79 Å². The van der Waals surface area contributed by atoms with Crippen molar-refractivity contribution in [3.8, 4) is 0 Å². The van der Waals surface area contributed by atoms with E-state index in [1.165, 1.54) is 0 Å². The summed E-state index contributed by atoms with van der Waals surface area (Å²) in [4.78, 5) is 12.1. The Hall–Kier alpha value is -0.260. The van der Waals surface area contributed by atoms with Crippen LogP contribution >= 0.6 is 11.8 Å². The number of rotatable bonds is 8. The number of nitrogens with one attached hydrogen (secondary N) is 1.